The zero-order valence-electron chi connectivity index (χ0n) is 38.1. The number of benzene rings is 2. The lowest BCUT2D eigenvalue weighted by Gasteiger charge is -2.47. The average Bonchev–Trinajstić information content (AvgIpc) is 3.78. The van der Waals surface area contributed by atoms with E-state index in [0.717, 1.165) is 12.2 Å². The average molecular weight is 1040 g/mol. The van der Waals surface area contributed by atoms with Gasteiger partial charge in [0.1, 0.15) is 131 Å². The fraction of sp³-hybridized carbons (Fsp3) is 0.417. The molecule has 17 atom stereocenters. The van der Waals surface area contributed by atoms with Crippen LogP contribution in [0.1, 0.15) is 11.1 Å². The van der Waals surface area contributed by atoms with Crippen molar-refractivity contribution in [2.45, 2.75) is 96.7 Å². The lowest BCUT2D eigenvalue weighted by atomic mass is 9.65. The van der Waals surface area contributed by atoms with Gasteiger partial charge < -0.3 is 111 Å². The molecule has 2 fully saturated rings. The number of ketones is 4. The molecule has 26 nitrogen and oxygen atoms in total. The van der Waals surface area contributed by atoms with Crippen molar-refractivity contribution in [3.05, 3.63) is 117 Å². The van der Waals surface area contributed by atoms with Crippen LogP contribution in [0, 0.1) is 5.92 Å². The van der Waals surface area contributed by atoms with Crippen LogP contribution in [-0.2, 0) is 33.4 Å². The van der Waals surface area contributed by atoms with Gasteiger partial charge in [-0.05, 0) is 47.5 Å². The van der Waals surface area contributed by atoms with Gasteiger partial charge in [0.15, 0.2) is 5.78 Å². The zero-order chi connectivity index (χ0) is 54.6. The van der Waals surface area contributed by atoms with Crippen LogP contribution in [0.25, 0.3) is 12.2 Å². The van der Waals surface area contributed by atoms with Gasteiger partial charge in [-0.3, -0.25) is 19.2 Å². The fourth-order valence-electron chi connectivity index (χ4n) is 9.46. The Bertz CT molecular complexity index is 2720. The Hall–Kier alpha value is -6.28. The molecule has 2 aliphatic carbocycles. The number of aromatic hydroxyl groups is 2. The summed E-state index contributed by atoms with van der Waals surface area (Å²) in [6.07, 6.45) is -31.7. The summed E-state index contributed by atoms with van der Waals surface area (Å²) in [5.74, 6) is -17.5. The van der Waals surface area contributed by atoms with E-state index in [1.807, 2.05) is 0 Å². The minimum atomic E-state index is -4.13. The number of ether oxygens (including phenoxy) is 3. The predicted octanol–water partition coefficient (Wildman–Crippen LogP) is -5.94. The number of aliphatic hydroxyl groups excluding tert-OH is 15. The van der Waals surface area contributed by atoms with Crippen molar-refractivity contribution in [2.24, 2.45) is 5.92 Å². The van der Waals surface area contributed by atoms with E-state index in [1.165, 1.54) is 48.5 Å². The molecule has 0 bridgehead atoms. The molecule has 0 amide bonds. The minimum Gasteiger partial charge on any atom is -0.508 e. The second-order valence-corrected chi connectivity index (χ2v) is 18.0. The Morgan fingerprint density at radius 1 is 0.608 bits per heavy atom. The number of hydrogen-bond donors (Lipinski definition) is 19. The molecule has 74 heavy (non-hydrogen) atoms. The third kappa shape index (κ3) is 9.12. The van der Waals surface area contributed by atoms with Gasteiger partial charge in [-0.2, -0.15) is 0 Å². The summed E-state index contributed by atoms with van der Waals surface area (Å²) in [6, 6.07) is 9.81. The third-order valence-corrected chi connectivity index (χ3v) is 13.5. The summed E-state index contributed by atoms with van der Waals surface area (Å²) >= 11 is 0. The van der Waals surface area contributed by atoms with E-state index in [-0.39, 0.29) is 22.6 Å². The quantitative estimate of drug-likeness (QED) is 0.0362. The number of rotatable bonds is 14. The van der Waals surface area contributed by atoms with Gasteiger partial charge in [-0.25, -0.2) is 0 Å². The number of aliphatic hydroxyl groups is 17. The standard InChI is InChI=1S/C48H52O26/c49-13-22(56)30(57)37(64)40-27(28-33(60)25(20(54)11-5-16-1-7-18(52)8-2-16)41(67)47(70,43(28)69)45-38(65)35(62)31(58)23(14-50)72-45)29-34(61)26(21(55)12-6-17-3-9-19(53)10-4-17)42(68)48(71,44(29)74-40)46-39(66)36(63)32(59)24(15-51)73-46/h1-12,22-24,27,30-32,35-40,45-46,49-54,56-66,70-71H,13-15H2. The van der Waals surface area contributed by atoms with Crippen molar-refractivity contribution < 1.29 is 130 Å². The normalized spacial score (nSPS) is 35.8. The van der Waals surface area contributed by atoms with Gasteiger partial charge in [0.25, 0.3) is 0 Å². The minimum absolute atomic E-state index is 0.143. The molecule has 17 unspecified atom stereocenters. The highest BCUT2D eigenvalue weighted by molar-refractivity contribution is 6.30. The van der Waals surface area contributed by atoms with E-state index in [9.17, 15) is 111 Å². The fourth-order valence-corrected chi connectivity index (χ4v) is 9.46. The van der Waals surface area contributed by atoms with E-state index in [1.54, 1.807) is 0 Å². The summed E-state index contributed by atoms with van der Waals surface area (Å²) in [5.41, 5.74) is -13.7. The Labute approximate surface area is 416 Å². The van der Waals surface area contributed by atoms with Crippen LogP contribution in [0.3, 0.4) is 0 Å². The number of phenols is 2. The van der Waals surface area contributed by atoms with Crippen molar-refractivity contribution in [2.75, 3.05) is 19.8 Å². The van der Waals surface area contributed by atoms with E-state index in [0.29, 0.717) is 12.2 Å². The molecule has 0 aromatic heterocycles. The maximum absolute atomic E-state index is 15.4. The number of carbonyl (C=O) groups is 4. The summed E-state index contributed by atoms with van der Waals surface area (Å²) < 4.78 is 16.9. The predicted molar refractivity (Wildman–Crippen MR) is 241 cm³/mol. The van der Waals surface area contributed by atoms with Gasteiger partial charge in [0.05, 0.1) is 31.3 Å². The molecule has 0 radical (unpaired) electrons. The van der Waals surface area contributed by atoms with Crippen LogP contribution < -0.4 is 0 Å². The molecular weight excluding hydrogens is 993 g/mol. The number of carbonyl (C=O) groups excluding carboxylic acids is 4. The Balaban J connectivity index is 1.58. The number of Topliss-reactive ketones (excluding diaryl/α,β-unsaturated/α-hetero) is 3. The van der Waals surface area contributed by atoms with Gasteiger partial charge in [0.2, 0.25) is 28.6 Å². The SMILES string of the molecule is O=C(C=Cc1ccc(O)cc1)C1=C(O)C2=C(OC(C(O)C(O)C(O)CO)C2C2=C(O)C(=C(O)C=Cc3ccc(O)cc3)C(=O)C(O)(C3OC(CO)C(O)C(O)C3O)C2=O)C(O)(C2OC(CO)C(O)C(O)C2O)C1=O. The highest BCUT2D eigenvalue weighted by Gasteiger charge is 2.70. The molecular formula is C48H52O26. The molecule has 0 spiro atoms. The first-order chi connectivity index (χ1) is 34.8. The summed E-state index contributed by atoms with van der Waals surface area (Å²) in [5, 5.41) is 211. The molecule has 2 aromatic carbocycles. The first-order valence-corrected chi connectivity index (χ1v) is 22.4. The highest BCUT2D eigenvalue weighted by atomic mass is 16.6. The topological polar surface area (TPSA) is 480 Å². The zero-order valence-corrected chi connectivity index (χ0v) is 38.1. The molecule has 0 saturated carbocycles. The van der Waals surface area contributed by atoms with Gasteiger partial charge in [-0.1, -0.05) is 36.4 Å². The smallest absolute Gasteiger partial charge is 0.219 e. The van der Waals surface area contributed by atoms with Crippen LogP contribution in [-0.4, -0.2) is 237 Å². The Morgan fingerprint density at radius 2 is 1.08 bits per heavy atom. The molecule has 400 valence electrons. The molecule has 3 aliphatic heterocycles. The van der Waals surface area contributed by atoms with Crippen LogP contribution in [0.5, 0.6) is 11.5 Å². The second-order valence-electron chi connectivity index (χ2n) is 18.0. The van der Waals surface area contributed by atoms with Crippen molar-refractivity contribution in [3.63, 3.8) is 0 Å². The second kappa shape index (κ2) is 21.2. The third-order valence-electron chi connectivity index (χ3n) is 13.5. The van der Waals surface area contributed by atoms with Crippen molar-refractivity contribution >= 4 is 35.3 Å². The largest absolute Gasteiger partial charge is 0.508 e. The Kier molecular flexibility index (Phi) is 15.9. The van der Waals surface area contributed by atoms with E-state index in [4.69, 9.17) is 14.2 Å². The summed E-state index contributed by atoms with van der Waals surface area (Å²) in [4.78, 5) is 59.4. The maximum atomic E-state index is 15.4. The first-order valence-electron chi connectivity index (χ1n) is 22.4. The molecule has 7 rings (SSSR count). The van der Waals surface area contributed by atoms with E-state index in [2.05, 4.69) is 0 Å². The molecule has 19 N–H and O–H groups in total. The molecule has 26 heteroatoms. The van der Waals surface area contributed by atoms with Crippen molar-refractivity contribution in [1.82, 2.24) is 0 Å². The van der Waals surface area contributed by atoms with Crippen LogP contribution >= 0.6 is 0 Å². The summed E-state index contributed by atoms with van der Waals surface area (Å²) in [6.45, 7) is -3.83. The van der Waals surface area contributed by atoms with E-state index >= 15 is 4.79 Å². The van der Waals surface area contributed by atoms with Crippen molar-refractivity contribution in [1.29, 1.82) is 0 Å². The van der Waals surface area contributed by atoms with Crippen LogP contribution in [0.2, 0.25) is 0 Å². The lowest BCUT2D eigenvalue weighted by Crippen LogP contribution is -2.71. The van der Waals surface area contributed by atoms with Gasteiger partial charge in [0, 0.05) is 5.57 Å². The molecule has 2 saturated heterocycles. The monoisotopic (exact) mass is 1040 g/mol. The summed E-state index contributed by atoms with van der Waals surface area (Å²) in [7, 11) is 0. The number of phenolic OH excluding ortho intramolecular Hbond substituents is 2. The molecule has 3 heterocycles. The highest BCUT2D eigenvalue weighted by Crippen LogP contribution is 2.54. The Morgan fingerprint density at radius 3 is 1.55 bits per heavy atom. The maximum Gasteiger partial charge on any atom is 0.219 e. The van der Waals surface area contributed by atoms with Crippen LogP contribution in [0.4, 0.5) is 0 Å². The first kappa shape index (κ1) is 55.5. The lowest BCUT2D eigenvalue weighted by molar-refractivity contribution is -0.264. The van der Waals surface area contributed by atoms with E-state index < -0.39 is 191 Å². The molecule has 5 aliphatic rings. The van der Waals surface area contributed by atoms with Crippen molar-refractivity contribution in [3.8, 4) is 11.5 Å². The van der Waals surface area contributed by atoms with Gasteiger partial charge in [-0.15, -0.1) is 0 Å². The number of hydrogen-bond acceptors (Lipinski definition) is 26. The van der Waals surface area contributed by atoms with Gasteiger partial charge >= 0.3 is 0 Å². The number of allylic oxidation sites excluding steroid dienone is 4. The molecule has 2 aromatic rings. The van der Waals surface area contributed by atoms with Crippen LogP contribution in [0.15, 0.2) is 106 Å².